The second-order valence-corrected chi connectivity index (χ2v) is 5.79. The Morgan fingerprint density at radius 2 is 2.26 bits per heavy atom. The molecule has 0 fully saturated rings. The van der Waals surface area contributed by atoms with Crippen LogP contribution in [0.2, 0.25) is 0 Å². The Morgan fingerprint density at radius 3 is 3.09 bits per heavy atom. The molecule has 118 valence electrons. The largest absolute Gasteiger partial charge is 0.480 e. The number of fused-ring (bicyclic) bond motifs is 2. The number of para-hydroxylation sites is 1. The van der Waals surface area contributed by atoms with E-state index >= 15 is 0 Å². The fraction of sp³-hybridized carbons (Fsp3) is 0.312. The van der Waals surface area contributed by atoms with Crippen LogP contribution in [0, 0.1) is 6.92 Å². The Labute approximate surface area is 132 Å². The van der Waals surface area contributed by atoms with Crippen molar-refractivity contribution in [1.29, 1.82) is 0 Å². The lowest BCUT2D eigenvalue weighted by Crippen LogP contribution is -2.47. The van der Waals surface area contributed by atoms with Crippen LogP contribution in [0.15, 0.2) is 34.9 Å². The van der Waals surface area contributed by atoms with Crippen molar-refractivity contribution in [2.45, 2.75) is 32.6 Å². The van der Waals surface area contributed by atoms with Crippen LogP contribution in [0.25, 0.3) is 11.0 Å². The molecule has 1 aliphatic rings. The number of hydrogen-bond donors (Lipinski definition) is 1. The van der Waals surface area contributed by atoms with Crippen molar-refractivity contribution < 1.29 is 14.3 Å². The lowest BCUT2D eigenvalue weighted by molar-refractivity contribution is -0.145. The number of aryl methyl sites for hydroxylation is 1. The Balaban J connectivity index is 1.69. The van der Waals surface area contributed by atoms with E-state index in [0.717, 1.165) is 28.2 Å². The molecular formula is C16H16N4O3. The van der Waals surface area contributed by atoms with E-state index in [2.05, 4.69) is 10.2 Å². The zero-order valence-electron chi connectivity index (χ0n) is 12.6. The normalized spacial score (nSPS) is 18.2. The van der Waals surface area contributed by atoms with E-state index < -0.39 is 12.0 Å². The molecule has 0 amide bonds. The molecular weight excluding hydrogens is 296 g/mol. The molecule has 3 heterocycles. The minimum absolute atomic E-state index is 0.359. The molecule has 0 spiro atoms. The van der Waals surface area contributed by atoms with Crippen LogP contribution in [0.3, 0.4) is 0 Å². The predicted octanol–water partition coefficient (Wildman–Crippen LogP) is 1.80. The molecule has 1 aliphatic heterocycles. The monoisotopic (exact) mass is 312 g/mol. The standard InChI is InChI=1S/C16H16N4O3/c1-10-17-18-14-9-19(13(16(21)22)8-20(10)14)7-12-4-2-3-11-5-6-23-15(11)12/h2-6,13H,7-9H2,1H3,(H,21,22). The molecule has 1 unspecified atom stereocenters. The summed E-state index contributed by atoms with van der Waals surface area (Å²) in [5.74, 6) is 0.709. The van der Waals surface area contributed by atoms with Crippen LogP contribution < -0.4 is 0 Å². The number of carbonyl (C=O) groups is 1. The van der Waals surface area contributed by atoms with Gasteiger partial charge in [0.05, 0.1) is 19.4 Å². The second kappa shape index (κ2) is 5.20. The molecule has 0 bridgehead atoms. The van der Waals surface area contributed by atoms with Crippen molar-refractivity contribution in [1.82, 2.24) is 19.7 Å². The summed E-state index contributed by atoms with van der Waals surface area (Å²) in [5.41, 5.74) is 1.78. The van der Waals surface area contributed by atoms with Gasteiger partial charge in [0.25, 0.3) is 0 Å². The molecule has 4 rings (SSSR count). The van der Waals surface area contributed by atoms with Crippen molar-refractivity contribution in [2.75, 3.05) is 0 Å². The topological polar surface area (TPSA) is 84.4 Å². The van der Waals surface area contributed by atoms with Gasteiger partial charge in [0.1, 0.15) is 23.3 Å². The fourth-order valence-corrected chi connectivity index (χ4v) is 3.16. The number of benzene rings is 1. The van der Waals surface area contributed by atoms with Crippen LogP contribution in [-0.4, -0.2) is 36.8 Å². The maximum atomic E-state index is 11.7. The van der Waals surface area contributed by atoms with E-state index in [1.807, 2.05) is 40.7 Å². The van der Waals surface area contributed by atoms with E-state index in [1.165, 1.54) is 0 Å². The van der Waals surface area contributed by atoms with Gasteiger partial charge in [-0.05, 0) is 13.0 Å². The second-order valence-electron chi connectivity index (χ2n) is 5.79. The van der Waals surface area contributed by atoms with Crippen LogP contribution in [0.4, 0.5) is 0 Å². The quantitative estimate of drug-likeness (QED) is 0.794. The van der Waals surface area contributed by atoms with E-state index in [0.29, 0.717) is 19.6 Å². The summed E-state index contributed by atoms with van der Waals surface area (Å²) < 4.78 is 7.43. The molecule has 7 nitrogen and oxygen atoms in total. The van der Waals surface area contributed by atoms with Crippen molar-refractivity contribution in [2.24, 2.45) is 0 Å². The van der Waals surface area contributed by atoms with Crippen molar-refractivity contribution >= 4 is 16.9 Å². The smallest absolute Gasteiger partial charge is 0.322 e. The van der Waals surface area contributed by atoms with Gasteiger partial charge in [-0.15, -0.1) is 10.2 Å². The lowest BCUT2D eigenvalue weighted by Gasteiger charge is -2.33. The molecule has 3 aromatic rings. The number of aromatic nitrogens is 3. The van der Waals surface area contributed by atoms with Gasteiger partial charge in [-0.2, -0.15) is 0 Å². The number of carboxylic acids is 1. The minimum Gasteiger partial charge on any atom is -0.480 e. The summed E-state index contributed by atoms with van der Waals surface area (Å²) in [7, 11) is 0. The third-order valence-electron chi connectivity index (χ3n) is 4.37. The highest BCUT2D eigenvalue weighted by atomic mass is 16.4. The first-order valence-corrected chi connectivity index (χ1v) is 7.44. The Kier molecular flexibility index (Phi) is 3.16. The summed E-state index contributed by atoms with van der Waals surface area (Å²) in [6.07, 6.45) is 1.65. The van der Waals surface area contributed by atoms with Crippen LogP contribution in [0.5, 0.6) is 0 Å². The Bertz CT molecular complexity index is 882. The van der Waals surface area contributed by atoms with Crippen LogP contribution in [-0.2, 0) is 24.4 Å². The maximum absolute atomic E-state index is 11.7. The number of aliphatic carboxylic acids is 1. The Hall–Kier alpha value is -2.67. The molecule has 0 saturated carbocycles. The first-order valence-electron chi connectivity index (χ1n) is 7.44. The first-order chi connectivity index (χ1) is 11.1. The van der Waals surface area contributed by atoms with Gasteiger partial charge in [0.2, 0.25) is 0 Å². The van der Waals surface area contributed by atoms with Gasteiger partial charge in [-0.1, -0.05) is 18.2 Å². The summed E-state index contributed by atoms with van der Waals surface area (Å²) in [6.45, 7) is 3.15. The van der Waals surface area contributed by atoms with Gasteiger partial charge in [0, 0.05) is 17.5 Å². The van der Waals surface area contributed by atoms with Crippen LogP contribution >= 0.6 is 0 Å². The molecule has 2 aromatic heterocycles. The molecule has 1 atom stereocenters. The lowest BCUT2D eigenvalue weighted by atomic mass is 10.1. The number of carboxylic acid groups (broad SMARTS) is 1. The van der Waals surface area contributed by atoms with Gasteiger partial charge >= 0.3 is 5.97 Å². The molecule has 0 saturated heterocycles. The predicted molar refractivity (Wildman–Crippen MR) is 81.6 cm³/mol. The van der Waals surface area contributed by atoms with Gasteiger partial charge in [-0.25, -0.2) is 0 Å². The van der Waals surface area contributed by atoms with Crippen molar-refractivity contribution in [3.05, 3.63) is 47.7 Å². The highest BCUT2D eigenvalue weighted by molar-refractivity contribution is 5.80. The van der Waals surface area contributed by atoms with Gasteiger partial charge in [0.15, 0.2) is 0 Å². The van der Waals surface area contributed by atoms with Crippen LogP contribution in [0.1, 0.15) is 17.2 Å². The third-order valence-corrected chi connectivity index (χ3v) is 4.37. The molecule has 23 heavy (non-hydrogen) atoms. The average molecular weight is 312 g/mol. The molecule has 7 heteroatoms. The number of rotatable bonds is 3. The highest BCUT2D eigenvalue weighted by Crippen LogP contribution is 2.25. The summed E-state index contributed by atoms with van der Waals surface area (Å²) in [6, 6.07) is 7.20. The van der Waals surface area contributed by atoms with Gasteiger partial charge in [-0.3, -0.25) is 9.69 Å². The third kappa shape index (κ3) is 2.29. The molecule has 0 aliphatic carbocycles. The van der Waals surface area contributed by atoms with Crippen molar-refractivity contribution in [3.63, 3.8) is 0 Å². The minimum atomic E-state index is -0.838. The van der Waals surface area contributed by atoms with Crippen molar-refractivity contribution in [3.8, 4) is 0 Å². The molecule has 1 aromatic carbocycles. The number of hydrogen-bond acceptors (Lipinski definition) is 5. The van der Waals surface area contributed by atoms with E-state index in [9.17, 15) is 9.90 Å². The van der Waals surface area contributed by atoms with E-state index in [-0.39, 0.29) is 0 Å². The summed E-state index contributed by atoms with van der Waals surface area (Å²) in [4.78, 5) is 13.6. The van der Waals surface area contributed by atoms with Gasteiger partial charge < -0.3 is 14.1 Å². The maximum Gasteiger partial charge on any atom is 0.322 e. The van der Waals surface area contributed by atoms with E-state index in [4.69, 9.17) is 4.42 Å². The molecule has 0 radical (unpaired) electrons. The number of furan rings is 1. The zero-order valence-corrected chi connectivity index (χ0v) is 12.6. The molecule has 1 N–H and O–H groups in total. The Morgan fingerprint density at radius 1 is 1.39 bits per heavy atom. The SMILES string of the molecule is Cc1nnc2n1CC(C(=O)O)N(Cc1cccc3ccoc13)C2. The number of nitrogens with zero attached hydrogens (tertiary/aromatic N) is 4. The highest BCUT2D eigenvalue weighted by Gasteiger charge is 2.33. The average Bonchev–Trinajstić information content (AvgIpc) is 3.14. The fourth-order valence-electron chi connectivity index (χ4n) is 3.16. The van der Waals surface area contributed by atoms with E-state index in [1.54, 1.807) is 6.26 Å². The zero-order chi connectivity index (χ0) is 16.0. The summed E-state index contributed by atoms with van der Waals surface area (Å²) in [5, 5.41) is 18.8. The first kappa shape index (κ1) is 14.0. The summed E-state index contributed by atoms with van der Waals surface area (Å²) >= 11 is 0.